The first kappa shape index (κ1) is 15.3. The van der Waals surface area contributed by atoms with Gasteiger partial charge >= 0.3 is 12.4 Å². The van der Waals surface area contributed by atoms with E-state index in [0.717, 1.165) is 0 Å². The van der Waals surface area contributed by atoms with Crippen molar-refractivity contribution in [2.24, 2.45) is 0 Å². The molecule has 0 N–H and O–H groups in total. The molecule has 0 atom stereocenters. The number of rotatable bonds is 4. The van der Waals surface area contributed by atoms with E-state index in [0.29, 0.717) is 18.4 Å². The minimum absolute atomic E-state index is 0.00653. The van der Waals surface area contributed by atoms with Crippen LogP contribution >= 0.6 is 0 Å². The SMILES string of the molecule is O=CCCOc1cc(C(F)(F)F)cc(C(F)(F)F)c1. The van der Waals surface area contributed by atoms with E-state index in [9.17, 15) is 31.1 Å². The summed E-state index contributed by atoms with van der Waals surface area (Å²) in [5.74, 6) is -0.580. The summed E-state index contributed by atoms with van der Waals surface area (Å²) < 4.78 is 79.4. The monoisotopic (exact) mass is 286 g/mol. The van der Waals surface area contributed by atoms with Crippen LogP contribution in [-0.2, 0) is 17.1 Å². The van der Waals surface area contributed by atoms with Crippen LogP contribution in [0.1, 0.15) is 17.5 Å². The van der Waals surface area contributed by atoms with Gasteiger partial charge in [-0.1, -0.05) is 0 Å². The second-order valence-corrected chi connectivity index (χ2v) is 3.55. The number of hydrogen-bond acceptors (Lipinski definition) is 2. The van der Waals surface area contributed by atoms with E-state index in [4.69, 9.17) is 0 Å². The summed E-state index contributed by atoms with van der Waals surface area (Å²) in [4.78, 5) is 10.0. The molecule has 0 aliphatic heterocycles. The molecule has 1 rings (SSSR count). The minimum Gasteiger partial charge on any atom is -0.493 e. The molecule has 0 aliphatic carbocycles. The van der Waals surface area contributed by atoms with Crippen molar-refractivity contribution >= 4 is 6.29 Å². The van der Waals surface area contributed by atoms with Crippen LogP contribution in [0.3, 0.4) is 0 Å². The fraction of sp³-hybridized carbons (Fsp3) is 0.364. The van der Waals surface area contributed by atoms with Gasteiger partial charge in [-0.05, 0) is 18.2 Å². The van der Waals surface area contributed by atoms with E-state index in [1.807, 2.05) is 0 Å². The number of carbonyl (C=O) groups is 1. The number of benzene rings is 1. The fourth-order valence-corrected chi connectivity index (χ4v) is 1.23. The number of carbonyl (C=O) groups excluding carboxylic acids is 1. The molecule has 0 aliphatic rings. The van der Waals surface area contributed by atoms with E-state index in [2.05, 4.69) is 4.74 Å². The highest BCUT2D eigenvalue weighted by Crippen LogP contribution is 2.38. The Morgan fingerprint density at radius 3 is 1.79 bits per heavy atom. The molecule has 0 saturated heterocycles. The predicted molar refractivity (Wildman–Crippen MR) is 52.6 cm³/mol. The molecule has 19 heavy (non-hydrogen) atoms. The molecule has 2 nitrogen and oxygen atoms in total. The molecule has 0 amide bonds. The van der Waals surface area contributed by atoms with Gasteiger partial charge in [0, 0.05) is 6.42 Å². The molecule has 1 aromatic carbocycles. The van der Waals surface area contributed by atoms with Crippen LogP contribution in [0.5, 0.6) is 5.75 Å². The van der Waals surface area contributed by atoms with Crippen molar-refractivity contribution in [2.45, 2.75) is 18.8 Å². The molecule has 8 heteroatoms. The zero-order valence-electron chi connectivity index (χ0n) is 9.31. The highest BCUT2D eigenvalue weighted by atomic mass is 19.4. The molecule has 0 aromatic heterocycles. The summed E-state index contributed by atoms with van der Waals surface area (Å²) in [6.45, 7) is -0.290. The molecule has 0 heterocycles. The fourth-order valence-electron chi connectivity index (χ4n) is 1.23. The van der Waals surface area contributed by atoms with Crippen molar-refractivity contribution in [1.29, 1.82) is 0 Å². The molecular formula is C11H8F6O2. The van der Waals surface area contributed by atoms with Crippen LogP contribution in [0.15, 0.2) is 18.2 Å². The van der Waals surface area contributed by atoms with Crippen molar-refractivity contribution in [3.8, 4) is 5.75 Å². The molecule has 1 aromatic rings. The van der Waals surface area contributed by atoms with Gasteiger partial charge in [0.1, 0.15) is 12.0 Å². The van der Waals surface area contributed by atoms with Crippen LogP contribution in [0.2, 0.25) is 0 Å². The Morgan fingerprint density at radius 1 is 0.947 bits per heavy atom. The van der Waals surface area contributed by atoms with Crippen LogP contribution in [0, 0.1) is 0 Å². The van der Waals surface area contributed by atoms with Gasteiger partial charge in [0.2, 0.25) is 0 Å². The molecule has 0 fully saturated rings. The first-order valence-electron chi connectivity index (χ1n) is 5.00. The Morgan fingerprint density at radius 2 is 1.42 bits per heavy atom. The Bertz CT molecular complexity index is 417. The summed E-state index contributed by atoms with van der Waals surface area (Å²) in [6, 6.07) is 0.923. The lowest BCUT2D eigenvalue weighted by Crippen LogP contribution is -2.11. The van der Waals surface area contributed by atoms with Crippen molar-refractivity contribution in [3.05, 3.63) is 29.3 Å². The summed E-state index contributed by atoms with van der Waals surface area (Å²) in [7, 11) is 0. The Hall–Kier alpha value is -1.73. The normalized spacial score (nSPS) is 12.3. The first-order chi connectivity index (χ1) is 8.64. The van der Waals surface area contributed by atoms with Crippen LogP contribution in [0.25, 0.3) is 0 Å². The van der Waals surface area contributed by atoms with Gasteiger partial charge in [-0.25, -0.2) is 0 Å². The van der Waals surface area contributed by atoms with Crippen LogP contribution in [-0.4, -0.2) is 12.9 Å². The average Bonchev–Trinajstić information content (AvgIpc) is 2.27. The van der Waals surface area contributed by atoms with Gasteiger partial charge in [0.15, 0.2) is 0 Å². The standard InChI is InChI=1S/C11H8F6O2/c12-10(13,14)7-4-8(11(15,16)17)6-9(5-7)19-3-1-2-18/h2,4-6H,1,3H2. The zero-order valence-corrected chi connectivity index (χ0v) is 9.31. The van der Waals surface area contributed by atoms with E-state index in [-0.39, 0.29) is 19.1 Å². The lowest BCUT2D eigenvalue weighted by molar-refractivity contribution is -0.143. The molecule has 0 radical (unpaired) electrons. The Balaban J connectivity index is 3.13. The van der Waals surface area contributed by atoms with Crippen molar-refractivity contribution in [3.63, 3.8) is 0 Å². The molecular weight excluding hydrogens is 278 g/mol. The van der Waals surface area contributed by atoms with Gasteiger partial charge in [0.05, 0.1) is 17.7 Å². The molecule has 0 bridgehead atoms. The maximum atomic E-state index is 12.4. The number of ether oxygens (including phenoxy) is 1. The lowest BCUT2D eigenvalue weighted by atomic mass is 10.1. The number of alkyl halides is 6. The van der Waals surface area contributed by atoms with Gasteiger partial charge in [-0.2, -0.15) is 26.3 Å². The van der Waals surface area contributed by atoms with Crippen LogP contribution < -0.4 is 4.74 Å². The topological polar surface area (TPSA) is 26.3 Å². The van der Waals surface area contributed by atoms with E-state index in [1.54, 1.807) is 0 Å². The first-order valence-corrected chi connectivity index (χ1v) is 5.00. The maximum absolute atomic E-state index is 12.4. The zero-order chi connectivity index (χ0) is 14.7. The molecule has 0 saturated carbocycles. The molecule has 106 valence electrons. The third kappa shape index (κ3) is 4.46. The van der Waals surface area contributed by atoms with Gasteiger partial charge in [-0.3, -0.25) is 0 Å². The second kappa shape index (κ2) is 5.50. The van der Waals surface area contributed by atoms with Crippen molar-refractivity contribution in [1.82, 2.24) is 0 Å². The Kier molecular flexibility index (Phi) is 4.43. The van der Waals surface area contributed by atoms with Gasteiger partial charge in [-0.15, -0.1) is 0 Å². The van der Waals surface area contributed by atoms with Crippen LogP contribution in [0.4, 0.5) is 26.3 Å². The average molecular weight is 286 g/mol. The number of aldehydes is 1. The van der Waals surface area contributed by atoms with Crippen molar-refractivity contribution < 1.29 is 35.9 Å². The van der Waals surface area contributed by atoms with E-state index in [1.165, 1.54) is 0 Å². The predicted octanol–water partition coefficient (Wildman–Crippen LogP) is 3.69. The minimum atomic E-state index is -4.91. The highest BCUT2D eigenvalue weighted by molar-refractivity contribution is 5.49. The van der Waals surface area contributed by atoms with E-state index >= 15 is 0 Å². The summed E-state index contributed by atoms with van der Waals surface area (Å²) >= 11 is 0. The van der Waals surface area contributed by atoms with Gasteiger partial charge < -0.3 is 9.53 Å². The van der Waals surface area contributed by atoms with Crippen molar-refractivity contribution in [2.75, 3.05) is 6.61 Å². The largest absolute Gasteiger partial charge is 0.493 e. The maximum Gasteiger partial charge on any atom is 0.416 e. The lowest BCUT2D eigenvalue weighted by Gasteiger charge is -2.14. The highest BCUT2D eigenvalue weighted by Gasteiger charge is 2.37. The van der Waals surface area contributed by atoms with E-state index < -0.39 is 29.2 Å². The third-order valence-electron chi connectivity index (χ3n) is 2.07. The molecule has 0 unspecified atom stereocenters. The molecule has 0 spiro atoms. The Labute approximate surface area is 104 Å². The smallest absolute Gasteiger partial charge is 0.416 e. The third-order valence-corrected chi connectivity index (χ3v) is 2.07. The summed E-state index contributed by atoms with van der Waals surface area (Å²) in [5, 5.41) is 0. The van der Waals surface area contributed by atoms with Gasteiger partial charge in [0.25, 0.3) is 0 Å². The summed E-state index contributed by atoms with van der Waals surface area (Å²) in [5.41, 5.74) is -2.91. The number of halogens is 6. The quantitative estimate of drug-likeness (QED) is 0.479. The number of hydrogen-bond donors (Lipinski definition) is 0. The second-order valence-electron chi connectivity index (χ2n) is 3.55. The summed E-state index contributed by atoms with van der Waals surface area (Å²) in [6.07, 6.45) is -9.51.